The van der Waals surface area contributed by atoms with E-state index < -0.39 is 11.7 Å². The Morgan fingerprint density at radius 2 is 2.12 bits per heavy atom. The maximum Gasteiger partial charge on any atom is 0.412 e. The summed E-state index contributed by atoms with van der Waals surface area (Å²) in [5.41, 5.74) is 0.174. The fraction of sp³-hybridized carbons (Fsp3) is 0.462. The van der Waals surface area contributed by atoms with Crippen LogP contribution in [0.4, 0.5) is 4.79 Å². The van der Waals surface area contributed by atoms with Crippen LogP contribution in [0.15, 0.2) is 35.0 Å². The molecule has 4 heteroatoms. The van der Waals surface area contributed by atoms with Gasteiger partial charge in [0.15, 0.2) is 0 Å². The molecule has 1 aliphatic carbocycles. The Labute approximate surface area is 107 Å². The van der Waals surface area contributed by atoms with Crippen molar-refractivity contribution >= 4 is 17.7 Å². The molecule has 0 saturated carbocycles. The van der Waals surface area contributed by atoms with E-state index in [1.807, 2.05) is 39.0 Å². The van der Waals surface area contributed by atoms with E-state index in [9.17, 15) is 4.79 Å². The fourth-order valence-electron chi connectivity index (χ4n) is 1.28. The van der Waals surface area contributed by atoms with Gasteiger partial charge in [0.1, 0.15) is 5.60 Å². The third-order valence-electron chi connectivity index (χ3n) is 1.91. The van der Waals surface area contributed by atoms with E-state index in [-0.39, 0.29) is 0 Å². The van der Waals surface area contributed by atoms with Crippen LogP contribution in [0.3, 0.4) is 0 Å². The molecule has 3 nitrogen and oxygen atoms in total. The number of carbonyl (C=O) groups excluding carboxylic acids is 1. The summed E-state index contributed by atoms with van der Waals surface area (Å²) in [4.78, 5) is 11.6. The maximum atomic E-state index is 11.6. The van der Waals surface area contributed by atoms with Crippen molar-refractivity contribution in [1.82, 2.24) is 5.32 Å². The van der Waals surface area contributed by atoms with Gasteiger partial charge in [-0.05, 0) is 33.3 Å². The highest BCUT2D eigenvalue weighted by Gasteiger charge is 2.16. The Morgan fingerprint density at radius 1 is 1.41 bits per heavy atom. The molecule has 0 fully saturated rings. The second-order valence-electron chi connectivity index (χ2n) is 4.79. The fourth-order valence-corrected chi connectivity index (χ4v) is 1.49. The van der Waals surface area contributed by atoms with Crippen molar-refractivity contribution in [2.75, 3.05) is 0 Å². The Kier molecular flexibility index (Phi) is 4.82. The van der Waals surface area contributed by atoms with Crippen molar-refractivity contribution in [2.24, 2.45) is 0 Å². The molecule has 1 N–H and O–H groups in total. The first kappa shape index (κ1) is 13.8. The highest BCUT2D eigenvalue weighted by Crippen LogP contribution is 2.15. The number of amides is 1. The van der Waals surface area contributed by atoms with Crippen LogP contribution < -0.4 is 5.32 Å². The first-order valence-corrected chi connectivity index (χ1v) is 5.96. The minimum Gasteiger partial charge on any atom is -0.444 e. The number of halogens is 1. The van der Waals surface area contributed by atoms with Crippen LogP contribution in [-0.2, 0) is 4.74 Å². The van der Waals surface area contributed by atoms with Gasteiger partial charge in [0.05, 0.1) is 0 Å². The summed E-state index contributed by atoms with van der Waals surface area (Å²) >= 11 is 5.98. The van der Waals surface area contributed by atoms with Gasteiger partial charge >= 0.3 is 6.09 Å². The molecule has 0 atom stereocenters. The Bertz CT molecular complexity index is 375. The summed E-state index contributed by atoms with van der Waals surface area (Å²) in [6.45, 7) is 5.47. The molecule has 0 spiro atoms. The van der Waals surface area contributed by atoms with Gasteiger partial charge in [-0.2, -0.15) is 0 Å². The number of allylic oxidation sites excluding steroid dienone is 5. The molecule has 1 aliphatic rings. The van der Waals surface area contributed by atoms with Crippen LogP contribution in [0.5, 0.6) is 0 Å². The predicted molar refractivity (Wildman–Crippen MR) is 69.8 cm³/mol. The molecule has 17 heavy (non-hydrogen) atoms. The Balaban J connectivity index is 2.64. The van der Waals surface area contributed by atoms with Crippen LogP contribution >= 0.6 is 11.6 Å². The molecule has 0 radical (unpaired) electrons. The molecular weight excluding hydrogens is 238 g/mol. The minimum atomic E-state index is -0.500. The lowest BCUT2D eigenvalue weighted by Crippen LogP contribution is -2.31. The van der Waals surface area contributed by atoms with Gasteiger partial charge in [0.2, 0.25) is 0 Å². The lowest BCUT2D eigenvalue weighted by atomic mass is 10.2. The van der Waals surface area contributed by atoms with Gasteiger partial charge in [-0.25, -0.2) is 4.79 Å². The summed E-state index contributed by atoms with van der Waals surface area (Å²) in [5.74, 6) is 0. The molecule has 1 rings (SSSR count). The second-order valence-corrected chi connectivity index (χ2v) is 5.27. The van der Waals surface area contributed by atoms with Gasteiger partial charge in [0.25, 0.3) is 0 Å². The van der Waals surface area contributed by atoms with Crippen molar-refractivity contribution in [2.45, 2.75) is 39.2 Å². The molecule has 0 aliphatic heterocycles. The number of carbonyl (C=O) groups is 1. The molecule has 0 heterocycles. The van der Waals surface area contributed by atoms with E-state index in [2.05, 4.69) is 5.32 Å². The number of nitrogens with one attached hydrogen (secondary N) is 1. The van der Waals surface area contributed by atoms with Crippen molar-refractivity contribution < 1.29 is 9.53 Å². The largest absolute Gasteiger partial charge is 0.444 e. The summed E-state index contributed by atoms with van der Waals surface area (Å²) in [5, 5.41) is 3.36. The van der Waals surface area contributed by atoms with Crippen LogP contribution in [0, 0.1) is 0 Å². The molecule has 0 saturated heterocycles. The van der Waals surface area contributed by atoms with Crippen molar-refractivity contribution in [1.29, 1.82) is 0 Å². The van der Waals surface area contributed by atoms with Crippen molar-refractivity contribution in [3.63, 3.8) is 0 Å². The quantitative estimate of drug-likeness (QED) is 0.723. The first-order valence-electron chi connectivity index (χ1n) is 5.58. The van der Waals surface area contributed by atoms with E-state index in [0.717, 1.165) is 6.42 Å². The number of alkyl carbamates (subject to hydrolysis) is 1. The van der Waals surface area contributed by atoms with Crippen LogP contribution in [0.1, 0.15) is 33.6 Å². The van der Waals surface area contributed by atoms with Gasteiger partial charge < -0.3 is 4.74 Å². The molecule has 0 unspecified atom stereocenters. The first-order chi connectivity index (χ1) is 7.87. The third kappa shape index (κ3) is 6.17. The third-order valence-corrected chi connectivity index (χ3v) is 2.17. The van der Waals surface area contributed by atoms with Gasteiger partial charge in [-0.1, -0.05) is 29.8 Å². The number of hydrogen-bond donors (Lipinski definition) is 1. The standard InChI is InChI=1S/C13H18ClNO2/c1-13(2,3)17-12(16)15-11-8-6-4-5-7-10(14)9-11/h4-5,8-9H,6-7H2,1-3H3,(H,15,16)/b5-4?,10-9?,11-8+. The maximum absolute atomic E-state index is 11.6. The van der Waals surface area contributed by atoms with E-state index >= 15 is 0 Å². The minimum absolute atomic E-state index is 0.464. The van der Waals surface area contributed by atoms with E-state index in [4.69, 9.17) is 16.3 Å². The van der Waals surface area contributed by atoms with Gasteiger partial charge in [-0.3, -0.25) is 5.32 Å². The van der Waals surface area contributed by atoms with Crippen molar-refractivity contribution in [3.8, 4) is 0 Å². The molecule has 0 aromatic carbocycles. The van der Waals surface area contributed by atoms with E-state index in [1.54, 1.807) is 6.08 Å². The summed E-state index contributed by atoms with van der Waals surface area (Å²) in [7, 11) is 0. The summed E-state index contributed by atoms with van der Waals surface area (Å²) < 4.78 is 5.17. The molecular formula is C13H18ClNO2. The number of rotatable bonds is 1. The summed E-state index contributed by atoms with van der Waals surface area (Å²) in [6, 6.07) is 0. The zero-order valence-electron chi connectivity index (χ0n) is 10.4. The average Bonchev–Trinajstić information content (AvgIpc) is 2.10. The lowest BCUT2D eigenvalue weighted by Gasteiger charge is -2.20. The van der Waals surface area contributed by atoms with E-state index in [1.165, 1.54) is 0 Å². The lowest BCUT2D eigenvalue weighted by molar-refractivity contribution is 0.0548. The average molecular weight is 256 g/mol. The molecule has 1 amide bonds. The predicted octanol–water partition coefficient (Wildman–Crippen LogP) is 3.87. The van der Waals surface area contributed by atoms with Crippen LogP contribution in [0.2, 0.25) is 0 Å². The van der Waals surface area contributed by atoms with Gasteiger partial charge in [0, 0.05) is 17.2 Å². The topological polar surface area (TPSA) is 38.3 Å². The summed E-state index contributed by atoms with van der Waals surface area (Å²) in [6.07, 6.45) is 8.64. The van der Waals surface area contributed by atoms with E-state index in [0.29, 0.717) is 17.2 Å². The monoisotopic (exact) mass is 255 g/mol. The molecule has 0 bridgehead atoms. The second kappa shape index (κ2) is 5.92. The number of hydrogen-bond acceptors (Lipinski definition) is 2. The van der Waals surface area contributed by atoms with Gasteiger partial charge in [-0.15, -0.1) is 0 Å². The highest BCUT2D eigenvalue weighted by atomic mass is 35.5. The zero-order chi connectivity index (χ0) is 12.9. The molecule has 94 valence electrons. The van der Waals surface area contributed by atoms with Crippen LogP contribution in [0.25, 0.3) is 0 Å². The molecule has 0 aromatic rings. The normalized spacial score (nSPS) is 19.5. The zero-order valence-corrected chi connectivity index (χ0v) is 11.2. The highest BCUT2D eigenvalue weighted by molar-refractivity contribution is 6.29. The SMILES string of the molecule is CC(C)(C)OC(=O)N/C1=C/CC=CCC(Cl)=C1. The van der Waals surface area contributed by atoms with Crippen LogP contribution in [-0.4, -0.2) is 11.7 Å². The Morgan fingerprint density at radius 3 is 2.76 bits per heavy atom. The Hall–Kier alpha value is -1.22. The van der Waals surface area contributed by atoms with Crippen molar-refractivity contribution in [3.05, 3.63) is 35.0 Å². The smallest absolute Gasteiger partial charge is 0.412 e. The molecule has 0 aromatic heterocycles. The number of ether oxygens (including phenoxy) is 1.